The minimum atomic E-state index is -4.87. The van der Waals surface area contributed by atoms with Crippen LogP contribution in [0.15, 0.2) is 36.4 Å². The van der Waals surface area contributed by atoms with Gasteiger partial charge in [0.15, 0.2) is 0 Å². The van der Waals surface area contributed by atoms with Crippen LogP contribution in [0.1, 0.15) is 42.4 Å². The van der Waals surface area contributed by atoms with E-state index in [4.69, 9.17) is 0 Å². The second-order valence-corrected chi connectivity index (χ2v) is 9.64. The second-order valence-electron chi connectivity index (χ2n) is 9.64. The largest absolute Gasteiger partial charge is 0.419 e. The van der Waals surface area contributed by atoms with Crippen LogP contribution in [-0.2, 0) is 6.18 Å². The molecule has 0 aliphatic carbocycles. The van der Waals surface area contributed by atoms with Gasteiger partial charge < -0.3 is 21.1 Å². The number of nitrogens with one attached hydrogen (secondary N) is 3. The predicted molar refractivity (Wildman–Crippen MR) is 126 cm³/mol. The molecule has 190 valence electrons. The van der Waals surface area contributed by atoms with Crippen molar-refractivity contribution in [3.05, 3.63) is 58.9 Å². The SMILES string of the molecule is Cc1ccc(NC(=O)Nc2ccc(F)c(C(F)(F)F)c2)cc1C1CC2CNC(C)CC2N(C)C1O. The topological polar surface area (TPSA) is 76.6 Å². The lowest BCUT2D eigenvalue weighted by molar-refractivity contribution is -0.139. The lowest BCUT2D eigenvalue weighted by Gasteiger charge is -2.50. The Morgan fingerprint density at radius 3 is 2.46 bits per heavy atom. The lowest BCUT2D eigenvalue weighted by Crippen LogP contribution is -2.59. The average Bonchev–Trinajstić information content (AvgIpc) is 2.78. The number of halogens is 4. The number of likely N-dealkylation sites (N-methyl/N-ethyl adjacent to an activating group) is 1. The minimum Gasteiger partial charge on any atom is -0.378 e. The summed E-state index contributed by atoms with van der Waals surface area (Å²) in [5.41, 5.74) is 0.678. The van der Waals surface area contributed by atoms with Gasteiger partial charge in [-0.15, -0.1) is 0 Å². The molecule has 2 saturated heterocycles. The van der Waals surface area contributed by atoms with E-state index in [0.717, 1.165) is 36.6 Å². The first-order valence-corrected chi connectivity index (χ1v) is 11.6. The quantitative estimate of drug-likeness (QED) is 0.458. The van der Waals surface area contributed by atoms with E-state index in [0.29, 0.717) is 35.8 Å². The van der Waals surface area contributed by atoms with Gasteiger partial charge >= 0.3 is 12.2 Å². The van der Waals surface area contributed by atoms with Crippen molar-refractivity contribution >= 4 is 17.4 Å². The van der Waals surface area contributed by atoms with Crippen molar-refractivity contribution in [2.75, 3.05) is 24.2 Å². The van der Waals surface area contributed by atoms with E-state index in [9.17, 15) is 27.5 Å². The summed E-state index contributed by atoms with van der Waals surface area (Å²) in [4.78, 5) is 14.5. The number of anilines is 2. The molecule has 2 aliphatic rings. The van der Waals surface area contributed by atoms with Gasteiger partial charge in [-0.3, -0.25) is 4.90 Å². The van der Waals surface area contributed by atoms with Gasteiger partial charge in [-0.25, -0.2) is 9.18 Å². The van der Waals surface area contributed by atoms with Crippen LogP contribution in [0.3, 0.4) is 0 Å². The van der Waals surface area contributed by atoms with Gasteiger partial charge in [0.25, 0.3) is 0 Å². The minimum absolute atomic E-state index is 0.160. The molecule has 5 atom stereocenters. The highest BCUT2D eigenvalue weighted by atomic mass is 19.4. The molecular formula is C25H30F4N4O2. The molecule has 2 aromatic rings. The fraction of sp³-hybridized carbons (Fsp3) is 0.480. The van der Waals surface area contributed by atoms with Crippen molar-refractivity contribution in [1.29, 1.82) is 0 Å². The van der Waals surface area contributed by atoms with Crippen LogP contribution in [0.25, 0.3) is 0 Å². The Hall–Kier alpha value is -2.69. The standard InChI is InChI=1S/C25H30F4N4O2/c1-13-4-5-16(31-24(35)32-17-6-7-21(26)20(11-17)25(27,28)29)10-18(13)19-9-15-12-30-14(2)8-22(15)33(3)23(19)34/h4-7,10-11,14-15,19,22-23,30,34H,8-9,12H2,1-3H3,(H2,31,32,35). The number of carbonyl (C=O) groups is 1. The van der Waals surface area contributed by atoms with E-state index in [-0.39, 0.29) is 11.6 Å². The molecule has 0 radical (unpaired) electrons. The molecule has 2 aromatic carbocycles. The molecule has 4 N–H and O–H groups in total. The van der Waals surface area contributed by atoms with Gasteiger partial charge in [-0.05, 0) is 87.7 Å². The normalized spacial score (nSPS) is 27.3. The summed E-state index contributed by atoms with van der Waals surface area (Å²) in [5, 5.41) is 19.6. The smallest absolute Gasteiger partial charge is 0.378 e. The average molecular weight is 495 g/mol. The highest BCUT2D eigenvalue weighted by molar-refractivity contribution is 5.99. The van der Waals surface area contributed by atoms with Gasteiger partial charge in [0.2, 0.25) is 0 Å². The number of fused-ring (bicyclic) bond motifs is 1. The Kier molecular flexibility index (Phi) is 7.08. The van der Waals surface area contributed by atoms with E-state index in [1.807, 2.05) is 24.9 Å². The van der Waals surface area contributed by atoms with Crippen molar-refractivity contribution in [3.63, 3.8) is 0 Å². The molecular weight excluding hydrogens is 464 g/mol. The summed E-state index contributed by atoms with van der Waals surface area (Å²) < 4.78 is 52.4. The fourth-order valence-electron chi connectivity index (χ4n) is 5.31. The summed E-state index contributed by atoms with van der Waals surface area (Å²) in [6.45, 7) is 4.95. The molecule has 35 heavy (non-hydrogen) atoms. The first-order valence-electron chi connectivity index (χ1n) is 11.6. The number of amides is 2. The number of nitrogens with zero attached hydrogens (tertiary/aromatic N) is 1. The number of urea groups is 1. The molecule has 4 rings (SSSR count). The number of aliphatic hydroxyl groups is 1. The summed E-state index contributed by atoms with van der Waals surface area (Å²) in [7, 11) is 1.94. The van der Waals surface area contributed by atoms with Crippen LogP contribution < -0.4 is 16.0 Å². The van der Waals surface area contributed by atoms with Gasteiger partial charge in [0, 0.05) is 29.4 Å². The van der Waals surface area contributed by atoms with Crippen LogP contribution in [0.4, 0.5) is 33.7 Å². The monoisotopic (exact) mass is 494 g/mol. The number of alkyl halides is 3. The fourth-order valence-corrected chi connectivity index (χ4v) is 5.31. The number of hydrogen-bond donors (Lipinski definition) is 4. The van der Waals surface area contributed by atoms with E-state index in [1.165, 1.54) is 0 Å². The van der Waals surface area contributed by atoms with Crippen molar-refractivity contribution in [2.24, 2.45) is 5.92 Å². The van der Waals surface area contributed by atoms with E-state index in [2.05, 4.69) is 22.9 Å². The van der Waals surface area contributed by atoms with Crippen molar-refractivity contribution in [1.82, 2.24) is 10.2 Å². The van der Waals surface area contributed by atoms with Crippen LogP contribution in [0, 0.1) is 18.7 Å². The molecule has 2 aliphatic heterocycles. The van der Waals surface area contributed by atoms with Crippen molar-refractivity contribution < 1.29 is 27.5 Å². The summed E-state index contributed by atoms with van der Waals surface area (Å²) >= 11 is 0. The van der Waals surface area contributed by atoms with Crippen molar-refractivity contribution in [2.45, 2.75) is 57.1 Å². The molecule has 0 aromatic heterocycles. The predicted octanol–water partition coefficient (Wildman–Crippen LogP) is 4.90. The Balaban J connectivity index is 1.49. The number of aliphatic hydroxyl groups excluding tert-OH is 1. The third kappa shape index (κ3) is 5.44. The van der Waals surface area contributed by atoms with E-state index >= 15 is 0 Å². The summed E-state index contributed by atoms with van der Waals surface area (Å²) in [6, 6.07) is 7.53. The van der Waals surface area contributed by atoms with Gasteiger partial charge in [0.1, 0.15) is 12.0 Å². The lowest BCUT2D eigenvalue weighted by atomic mass is 9.74. The highest BCUT2D eigenvalue weighted by Crippen LogP contribution is 2.41. The Morgan fingerprint density at radius 1 is 1.11 bits per heavy atom. The maximum absolute atomic E-state index is 13.5. The van der Waals surface area contributed by atoms with Crippen LogP contribution >= 0.6 is 0 Å². The molecule has 2 heterocycles. The Bertz CT molecular complexity index is 1090. The zero-order valence-electron chi connectivity index (χ0n) is 19.8. The maximum atomic E-state index is 13.5. The zero-order valence-corrected chi connectivity index (χ0v) is 19.8. The molecule has 6 nitrogen and oxygen atoms in total. The Labute approximate surface area is 201 Å². The third-order valence-electron chi connectivity index (χ3n) is 7.19. The first-order chi connectivity index (χ1) is 16.4. The number of hydrogen-bond acceptors (Lipinski definition) is 4. The highest BCUT2D eigenvalue weighted by Gasteiger charge is 2.43. The molecule has 0 bridgehead atoms. The second kappa shape index (κ2) is 9.75. The molecule has 10 heteroatoms. The van der Waals surface area contributed by atoms with Crippen LogP contribution in [0.5, 0.6) is 0 Å². The zero-order chi connectivity index (χ0) is 25.5. The van der Waals surface area contributed by atoms with Gasteiger partial charge in [0.05, 0.1) is 5.56 Å². The van der Waals surface area contributed by atoms with Crippen LogP contribution in [-0.4, -0.2) is 47.9 Å². The molecule has 0 spiro atoms. The molecule has 2 amide bonds. The molecule has 2 fully saturated rings. The number of likely N-dealkylation sites (tertiary alicyclic amines) is 1. The van der Waals surface area contributed by atoms with E-state index in [1.54, 1.807) is 12.1 Å². The van der Waals surface area contributed by atoms with Crippen molar-refractivity contribution in [3.8, 4) is 0 Å². The van der Waals surface area contributed by atoms with Gasteiger partial charge in [-0.2, -0.15) is 13.2 Å². The Morgan fingerprint density at radius 2 is 1.77 bits per heavy atom. The van der Waals surface area contributed by atoms with Gasteiger partial charge in [-0.1, -0.05) is 6.07 Å². The first kappa shape index (κ1) is 25.4. The number of carbonyl (C=O) groups excluding carboxylic acids is 1. The summed E-state index contributed by atoms with van der Waals surface area (Å²) in [5.74, 6) is -1.19. The maximum Gasteiger partial charge on any atom is 0.419 e. The number of rotatable bonds is 3. The summed E-state index contributed by atoms with van der Waals surface area (Å²) in [6.07, 6.45) is -3.79. The molecule has 0 saturated carbocycles. The number of aryl methyl sites for hydroxylation is 1. The number of benzene rings is 2. The van der Waals surface area contributed by atoms with E-state index < -0.39 is 29.8 Å². The number of piperidine rings is 2. The third-order valence-corrected chi connectivity index (χ3v) is 7.19. The molecule has 5 unspecified atom stereocenters. The van der Waals surface area contributed by atoms with Crippen LogP contribution in [0.2, 0.25) is 0 Å².